The quantitative estimate of drug-likeness (QED) is 0.541. The van der Waals surface area contributed by atoms with Crippen molar-refractivity contribution in [3.8, 4) is 0 Å². The Bertz CT molecular complexity index is 1210. The van der Waals surface area contributed by atoms with Gasteiger partial charge in [-0.3, -0.25) is 9.59 Å². The summed E-state index contributed by atoms with van der Waals surface area (Å²) in [5.74, 6) is -0.197. The molecular formula is C21H20N4O3. The first-order chi connectivity index (χ1) is 13.7. The van der Waals surface area contributed by atoms with Crippen LogP contribution in [0.15, 0.2) is 59.5 Å². The van der Waals surface area contributed by atoms with Gasteiger partial charge in [-0.15, -0.1) is 0 Å². The van der Waals surface area contributed by atoms with E-state index in [4.69, 9.17) is 4.74 Å². The summed E-state index contributed by atoms with van der Waals surface area (Å²) in [6, 6.07) is 14.7. The highest BCUT2D eigenvalue weighted by Crippen LogP contribution is 2.15. The highest BCUT2D eigenvalue weighted by atomic mass is 16.5. The van der Waals surface area contributed by atoms with E-state index in [9.17, 15) is 9.59 Å². The van der Waals surface area contributed by atoms with Crippen LogP contribution in [0.3, 0.4) is 0 Å². The lowest BCUT2D eigenvalue weighted by Gasteiger charge is -2.12. The van der Waals surface area contributed by atoms with Crippen LogP contribution < -0.4 is 10.9 Å². The fourth-order valence-electron chi connectivity index (χ4n) is 3.22. The summed E-state index contributed by atoms with van der Waals surface area (Å²) < 4.78 is 6.45. The Morgan fingerprint density at radius 3 is 2.82 bits per heavy atom. The molecule has 4 aromatic rings. The minimum absolute atomic E-state index is 0.167. The van der Waals surface area contributed by atoms with E-state index in [-0.39, 0.29) is 18.0 Å². The fourth-order valence-corrected chi connectivity index (χ4v) is 3.22. The Labute approximate surface area is 160 Å². The second kappa shape index (κ2) is 7.66. The monoisotopic (exact) mass is 376 g/mol. The van der Waals surface area contributed by atoms with Crippen LogP contribution in [0.1, 0.15) is 16.1 Å². The highest BCUT2D eigenvalue weighted by Gasteiger charge is 2.12. The van der Waals surface area contributed by atoms with Crippen LogP contribution in [-0.2, 0) is 17.8 Å². The highest BCUT2D eigenvalue weighted by molar-refractivity contribution is 5.98. The number of carbonyl (C=O) groups is 1. The minimum atomic E-state index is -0.197. The van der Waals surface area contributed by atoms with Gasteiger partial charge in [0.25, 0.3) is 11.5 Å². The van der Waals surface area contributed by atoms with E-state index in [1.54, 1.807) is 19.2 Å². The van der Waals surface area contributed by atoms with Crippen LogP contribution in [0.4, 0.5) is 0 Å². The molecule has 7 nitrogen and oxygen atoms in total. The molecule has 1 amide bonds. The summed E-state index contributed by atoms with van der Waals surface area (Å²) in [5.41, 5.74) is 1.94. The molecule has 4 rings (SSSR count). The number of ether oxygens (including phenoxy) is 1. The van der Waals surface area contributed by atoms with Crippen molar-refractivity contribution in [2.45, 2.75) is 13.1 Å². The van der Waals surface area contributed by atoms with Gasteiger partial charge in [0, 0.05) is 29.8 Å². The maximum absolute atomic E-state index is 12.6. The molecule has 0 radical (unpaired) electrons. The standard InChI is InChI=1S/C21H20N4O3/c1-28-11-10-25-21(27)17-5-3-2-4-16(17)19(24-25)13-23-20(26)15-7-6-14-8-9-22-18(14)12-15/h2-9,12,22H,10-11,13H2,1H3,(H,23,26). The molecule has 0 atom stereocenters. The Kier molecular flexibility index (Phi) is 4.90. The number of nitrogens with one attached hydrogen (secondary N) is 2. The molecule has 28 heavy (non-hydrogen) atoms. The number of aromatic nitrogens is 3. The minimum Gasteiger partial charge on any atom is -0.383 e. The first kappa shape index (κ1) is 17.9. The van der Waals surface area contributed by atoms with E-state index in [0.29, 0.717) is 29.8 Å². The summed E-state index contributed by atoms with van der Waals surface area (Å²) in [6.45, 7) is 0.952. The SMILES string of the molecule is COCCn1nc(CNC(=O)c2ccc3cc[nH]c3c2)c2ccccc2c1=O. The Morgan fingerprint density at radius 1 is 1.18 bits per heavy atom. The fraction of sp³-hybridized carbons (Fsp3) is 0.190. The summed E-state index contributed by atoms with van der Waals surface area (Å²) in [7, 11) is 1.58. The molecule has 0 saturated carbocycles. The molecule has 0 saturated heterocycles. The molecule has 0 aliphatic rings. The van der Waals surface area contributed by atoms with Gasteiger partial charge in [-0.05, 0) is 29.7 Å². The lowest BCUT2D eigenvalue weighted by molar-refractivity contribution is 0.0950. The smallest absolute Gasteiger partial charge is 0.274 e. The van der Waals surface area contributed by atoms with E-state index >= 15 is 0 Å². The van der Waals surface area contributed by atoms with E-state index in [1.807, 2.05) is 42.6 Å². The Morgan fingerprint density at radius 2 is 2.00 bits per heavy atom. The van der Waals surface area contributed by atoms with Gasteiger partial charge in [-0.25, -0.2) is 4.68 Å². The van der Waals surface area contributed by atoms with Gasteiger partial charge in [0.05, 0.1) is 30.8 Å². The van der Waals surface area contributed by atoms with Crippen molar-refractivity contribution in [1.82, 2.24) is 20.1 Å². The first-order valence-electron chi connectivity index (χ1n) is 9.00. The number of carbonyl (C=O) groups excluding carboxylic acids is 1. The normalized spacial score (nSPS) is 11.2. The van der Waals surface area contributed by atoms with Crippen LogP contribution >= 0.6 is 0 Å². The third-order valence-corrected chi connectivity index (χ3v) is 4.69. The molecule has 2 N–H and O–H groups in total. The summed E-state index contributed by atoms with van der Waals surface area (Å²) >= 11 is 0. The van der Waals surface area contributed by atoms with Gasteiger partial charge in [-0.1, -0.05) is 24.3 Å². The third kappa shape index (κ3) is 3.39. The van der Waals surface area contributed by atoms with Gasteiger partial charge in [0.1, 0.15) is 0 Å². The molecule has 2 aromatic heterocycles. The number of benzene rings is 2. The van der Waals surface area contributed by atoms with Crippen molar-refractivity contribution in [3.05, 3.63) is 76.3 Å². The number of methoxy groups -OCH3 is 1. The molecule has 0 spiro atoms. The molecule has 142 valence electrons. The van der Waals surface area contributed by atoms with Crippen LogP contribution in [0.25, 0.3) is 21.7 Å². The number of hydrogen-bond donors (Lipinski definition) is 2. The van der Waals surface area contributed by atoms with Crippen molar-refractivity contribution < 1.29 is 9.53 Å². The van der Waals surface area contributed by atoms with Gasteiger partial charge in [0.15, 0.2) is 0 Å². The second-order valence-corrected chi connectivity index (χ2v) is 6.48. The first-order valence-corrected chi connectivity index (χ1v) is 9.00. The Hall–Kier alpha value is -3.45. The lowest BCUT2D eigenvalue weighted by atomic mass is 10.1. The topological polar surface area (TPSA) is 89.0 Å². The molecule has 0 aliphatic carbocycles. The number of fused-ring (bicyclic) bond motifs is 2. The number of nitrogens with zero attached hydrogens (tertiary/aromatic N) is 2. The Balaban J connectivity index is 1.62. The van der Waals surface area contributed by atoms with Gasteiger partial charge in [-0.2, -0.15) is 5.10 Å². The zero-order valence-corrected chi connectivity index (χ0v) is 15.4. The van der Waals surface area contributed by atoms with E-state index < -0.39 is 0 Å². The third-order valence-electron chi connectivity index (χ3n) is 4.69. The van der Waals surface area contributed by atoms with E-state index in [2.05, 4.69) is 15.4 Å². The second-order valence-electron chi connectivity index (χ2n) is 6.48. The van der Waals surface area contributed by atoms with Gasteiger partial charge >= 0.3 is 0 Å². The zero-order chi connectivity index (χ0) is 19.5. The predicted molar refractivity (Wildman–Crippen MR) is 107 cm³/mol. The predicted octanol–water partition coefficient (Wildman–Crippen LogP) is 2.45. The molecule has 0 fully saturated rings. The molecule has 7 heteroatoms. The summed E-state index contributed by atoms with van der Waals surface area (Å²) in [6.07, 6.45) is 1.84. The average Bonchev–Trinajstić information content (AvgIpc) is 3.20. The van der Waals surface area contributed by atoms with Crippen LogP contribution in [0.2, 0.25) is 0 Å². The van der Waals surface area contributed by atoms with E-state index in [1.165, 1.54) is 4.68 Å². The average molecular weight is 376 g/mol. The summed E-state index contributed by atoms with van der Waals surface area (Å²) in [5, 5.41) is 9.72. The largest absolute Gasteiger partial charge is 0.383 e. The molecular weight excluding hydrogens is 356 g/mol. The van der Waals surface area contributed by atoms with E-state index in [0.717, 1.165) is 16.3 Å². The lowest BCUT2D eigenvalue weighted by Crippen LogP contribution is -2.29. The number of aromatic amines is 1. The van der Waals surface area contributed by atoms with Crippen LogP contribution in [0.5, 0.6) is 0 Å². The number of hydrogen-bond acceptors (Lipinski definition) is 4. The molecule has 2 aromatic carbocycles. The van der Waals surface area contributed by atoms with Crippen molar-refractivity contribution in [2.75, 3.05) is 13.7 Å². The maximum atomic E-state index is 12.6. The number of H-pyrrole nitrogens is 1. The van der Waals surface area contributed by atoms with Crippen molar-refractivity contribution in [2.24, 2.45) is 0 Å². The molecule has 2 heterocycles. The maximum Gasteiger partial charge on any atom is 0.274 e. The number of amides is 1. The zero-order valence-electron chi connectivity index (χ0n) is 15.4. The molecule has 0 aliphatic heterocycles. The number of rotatable bonds is 6. The van der Waals surface area contributed by atoms with Gasteiger partial charge in [0.2, 0.25) is 0 Å². The summed E-state index contributed by atoms with van der Waals surface area (Å²) in [4.78, 5) is 28.3. The molecule has 0 unspecified atom stereocenters. The van der Waals surface area contributed by atoms with Gasteiger partial charge < -0.3 is 15.0 Å². The van der Waals surface area contributed by atoms with Crippen molar-refractivity contribution in [3.63, 3.8) is 0 Å². The molecule has 0 bridgehead atoms. The van der Waals surface area contributed by atoms with Crippen LogP contribution in [0, 0.1) is 0 Å². The van der Waals surface area contributed by atoms with Crippen molar-refractivity contribution >= 4 is 27.6 Å². The van der Waals surface area contributed by atoms with Crippen molar-refractivity contribution in [1.29, 1.82) is 0 Å². The van der Waals surface area contributed by atoms with Crippen LogP contribution in [-0.4, -0.2) is 34.4 Å².